The first-order valence-corrected chi connectivity index (χ1v) is 9.47. The van der Waals surface area contributed by atoms with Crippen molar-refractivity contribution in [3.8, 4) is 0 Å². The summed E-state index contributed by atoms with van der Waals surface area (Å²) in [7, 11) is 1.94. The van der Waals surface area contributed by atoms with E-state index in [1.54, 1.807) is 11.3 Å². The zero-order chi connectivity index (χ0) is 17.4. The molecule has 0 saturated carbocycles. The van der Waals surface area contributed by atoms with E-state index in [1.807, 2.05) is 44.3 Å². The second-order valence-electron chi connectivity index (χ2n) is 6.88. The van der Waals surface area contributed by atoms with Gasteiger partial charge in [-0.25, -0.2) is 4.98 Å². The Labute approximate surface area is 147 Å². The molecule has 24 heavy (non-hydrogen) atoms. The Morgan fingerprint density at radius 2 is 2.12 bits per heavy atom. The summed E-state index contributed by atoms with van der Waals surface area (Å²) in [6, 6.07) is 0. The highest BCUT2D eigenvalue weighted by Gasteiger charge is 2.31. The number of nitrogens with zero attached hydrogens (tertiary/aromatic N) is 4. The first-order valence-electron chi connectivity index (χ1n) is 8.59. The minimum Gasteiger partial charge on any atom is -0.341 e. The molecular weight excluding hydrogens is 320 g/mol. The predicted octanol–water partition coefficient (Wildman–Crippen LogP) is 3.31. The van der Waals surface area contributed by atoms with Crippen molar-refractivity contribution in [1.29, 1.82) is 0 Å². The molecular formula is C18H26N4OS. The Bertz CT molecular complexity index is 748. The van der Waals surface area contributed by atoms with Crippen LogP contribution in [0.15, 0.2) is 5.38 Å². The molecule has 0 N–H and O–H groups in total. The van der Waals surface area contributed by atoms with E-state index in [-0.39, 0.29) is 11.8 Å². The van der Waals surface area contributed by atoms with Gasteiger partial charge in [-0.05, 0) is 40.5 Å². The number of aryl methyl sites for hydroxylation is 3. The summed E-state index contributed by atoms with van der Waals surface area (Å²) in [6.45, 7) is 9.70. The zero-order valence-electron chi connectivity index (χ0n) is 15.2. The molecule has 0 bridgehead atoms. The van der Waals surface area contributed by atoms with Crippen LogP contribution in [-0.4, -0.2) is 38.7 Å². The van der Waals surface area contributed by atoms with Gasteiger partial charge in [0.2, 0.25) is 5.91 Å². The Kier molecular flexibility index (Phi) is 4.76. The van der Waals surface area contributed by atoms with Crippen LogP contribution in [0.5, 0.6) is 0 Å². The fraction of sp³-hybridized carbons (Fsp3) is 0.611. The van der Waals surface area contributed by atoms with Gasteiger partial charge in [-0.15, -0.1) is 11.3 Å². The van der Waals surface area contributed by atoms with Gasteiger partial charge < -0.3 is 4.90 Å². The van der Waals surface area contributed by atoms with Gasteiger partial charge in [0.05, 0.1) is 16.6 Å². The van der Waals surface area contributed by atoms with Crippen molar-refractivity contribution < 1.29 is 4.79 Å². The van der Waals surface area contributed by atoms with Gasteiger partial charge >= 0.3 is 0 Å². The molecule has 2 aromatic heterocycles. The molecule has 130 valence electrons. The molecule has 1 fully saturated rings. The van der Waals surface area contributed by atoms with E-state index in [1.165, 1.54) is 5.01 Å². The summed E-state index contributed by atoms with van der Waals surface area (Å²) >= 11 is 1.72. The lowest BCUT2D eigenvalue weighted by Crippen LogP contribution is -2.41. The molecule has 0 aromatic carbocycles. The largest absolute Gasteiger partial charge is 0.341 e. The molecule has 6 heteroatoms. The molecule has 0 radical (unpaired) electrons. The molecule has 0 aliphatic carbocycles. The van der Waals surface area contributed by atoms with Crippen molar-refractivity contribution in [2.75, 3.05) is 13.1 Å². The van der Waals surface area contributed by atoms with Gasteiger partial charge in [-0.3, -0.25) is 9.48 Å². The Morgan fingerprint density at radius 3 is 2.71 bits per heavy atom. The van der Waals surface area contributed by atoms with Crippen LogP contribution < -0.4 is 0 Å². The SMILES string of the molecule is Cc1csc(C2CCCN(C(=O)C(C)c3c(C)nn(C)c3C)C2)n1. The smallest absolute Gasteiger partial charge is 0.229 e. The maximum Gasteiger partial charge on any atom is 0.229 e. The standard InChI is InChI=1S/C18H26N4OS/c1-11-10-24-17(19-11)15-7-6-8-22(9-15)18(23)12(2)16-13(3)20-21(5)14(16)4/h10,12,15H,6-9H2,1-5H3. The predicted molar refractivity (Wildman–Crippen MR) is 96.5 cm³/mol. The fourth-order valence-electron chi connectivity index (χ4n) is 3.75. The molecule has 2 atom stereocenters. The average molecular weight is 347 g/mol. The molecule has 1 saturated heterocycles. The van der Waals surface area contributed by atoms with Crippen LogP contribution in [0, 0.1) is 20.8 Å². The van der Waals surface area contributed by atoms with Gasteiger partial charge in [0, 0.05) is 48.4 Å². The molecule has 3 heterocycles. The summed E-state index contributed by atoms with van der Waals surface area (Å²) < 4.78 is 1.87. The van der Waals surface area contributed by atoms with Crippen LogP contribution in [0.4, 0.5) is 0 Å². The monoisotopic (exact) mass is 346 g/mol. The Morgan fingerprint density at radius 1 is 1.38 bits per heavy atom. The van der Waals surface area contributed by atoms with Gasteiger partial charge in [0.25, 0.3) is 0 Å². The van der Waals surface area contributed by atoms with E-state index in [0.717, 1.165) is 48.6 Å². The van der Waals surface area contributed by atoms with Crippen LogP contribution in [0.1, 0.15) is 59.3 Å². The van der Waals surface area contributed by atoms with Crippen LogP contribution in [0.3, 0.4) is 0 Å². The van der Waals surface area contributed by atoms with Gasteiger partial charge in [0.15, 0.2) is 0 Å². The number of likely N-dealkylation sites (tertiary alicyclic amines) is 1. The van der Waals surface area contributed by atoms with Crippen molar-refractivity contribution in [3.63, 3.8) is 0 Å². The van der Waals surface area contributed by atoms with Gasteiger partial charge in [-0.1, -0.05) is 0 Å². The number of piperidine rings is 1. The highest BCUT2D eigenvalue weighted by Crippen LogP contribution is 2.32. The maximum absolute atomic E-state index is 13.1. The van der Waals surface area contributed by atoms with Crippen LogP contribution in [0.2, 0.25) is 0 Å². The summed E-state index contributed by atoms with van der Waals surface area (Å²) in [5.41, 5.74) is 4.19. The topological polar surface area (TPSA) is 51.0 Å². The van der Waals surface area contributed by atoms with E-state index in [4.69, 9.17) is 0 Å². The fourth-order valence-corrected chi connectivity index (χ4v) is 4.68. The number of rotatable bonds is 3. The minimum absolute atomic E-state index is 0.143. The third-order valence-electron chi connectivity index (χ3n) is 5.09. The van der Waals surface area contributed by atoms with E-state index < -0.39 is 0 Å². The Balaban J connectivity index is 1.76. The lowest BCUT2D eigenvalue weighted by Gasteiger charge is -2.33. The van der Waals surface area contributed by atoms with E-state index in [9.17, 15) is 4.79 Å². The zero-order valence-corrected chi connectivity index (χ0v) is 16.0. The molecule has 3 rings (SSSR count). The number of hydrogen-bond donors (Lipinski definition) is 0. The number of carbonyl (C=O) groups excluding carboxylic acids is 1. The van der Waals surface area contributed by atoms with E-state index in [2.05, 4.69) is 15.5 Å². The first kappa shape index (κ1) is 17.1. The summed E-state index contributed by atoms with van der Waals surface area (Å²) in [5, 5.41) is 7.73. The number of aromatic nitrogens is 3. The second-order valence-corrected chi connectivity index (χ2v) is 7.77. The van der Waals surface area contributed by atoms with Crippen molar-refractivity contribution in [3.05, 3.63) is 33.0 Å². The molecule has 5 nitrogen and oxygen atoms in total. The van der Waals surface area contributed by atoms with Gasteiger partial charge in [-0.2, -0.15) is 5.10 Å². The minimum atomic E-state index is -0.143. The lowest BCUT2D eigenvalue weighted by molar-refractivity contribution is -0.133. The molecule has 0 spiro atoms. The van der Waals surface area contributed by atoms with Crippen molar-refractivity contribution in [2.45, 2.75) is 52.4 Å². The van der Waals surface area contributed by atoms with E-state index in [0.29, 0.717) is 5.92 Å². The third-order valence-corrected chi connectivity index (χ3v) is 6.21. The van der Waals surface area contributed by atoms with Crippen LogP contribution in [-0.2, 0) is 11.8 Å². The van der Waals surface area contributed by atoms with Gasteiger partial charge in [0.1, 0.15) is 0 Å². The summed E-state index contributed by atoms with van der Waals surface area (Å²) in [6.07, 6.45) is 2.17. The summed E-state index contributed by atoms with van der Waals surface area (Å²) in [4.78, 5) is 19.7. The van der Waals surface area contributed by atoms with Crippen LogP contribution in [0.25, 0.3) is 0 Å². The number of thiazole rings is 1. The van der Waals surface area contributed by atoms with Crippen LogP contribution >= 0.6 is 11.3 Å². The number of hydrogen-bond acceptors (Lipinski definition) is 4. The molecule has 2 aromatic rings. The van der Waals surface area contributed by atoms with Crippen molar-refractivity contribution >= 4 is 17.2 Å². The molecule has 2 unspecified atom stereocenters. The van der Waals surface area contributed by atoms with Crippen molar-refractivity contribution in [2.24, 2.45) is 7.05 Å². The maximum atomic E-state index is 13.1. The molecule has 1 aliphatic rings. The summed E-state index contributed by atoms with van der Waals surface area (Å²) in [5.74, 6) is 0.451. The molecule has 1 aliphatic heterocycles. The number of amides is 1. The third kappa shape index (κ3) is 3.11. The highest BCUT2D eigenvalue weighted by molar-refractivity contribution is 7.09. The number of carbonyl (C=O) groups is 1. The second kappa shape index (κ2) is 6.67. The first-order chi connectivity index (χ1) is 11.4. The quantitative estimate of drug-likeness (QED) is 0.857. The van der Waals surface area contributed by atoms with Crippen molar-refractivity contribution in [1.82, 2.24) is 19.7 Å². The highest BCUT2D eigenvalue weighted by atomic mass is 32.1. The lowest BCUT2D eigenvalue weighted by atomic mass is 9.94. The normalized spacial score (nSPS) is 19.5. The molecule has 1 amide bonds. The Hall–Kier alpha value is -1.69. The van der Waals surface area contributed by atoms with E-state index >= 15 is 0 Å². The average Bonchev–Trinajstić information content (AvgIpc) is 3.10.